The Morgan fingerprint density at radius 2 is 1.67 bits per heavy atom. The highest BCUT2D eigenvalue weighted by molar-refractivity contribution is 7.12. The van der Waals surface area contributed by atoms with Crippen molar-refractivity contribution in [1.29, 1.82) is 0 Å². The van der Waals surface area contributed by atoms with Crippen LogP contribution in [0.25, 0.3) is 0 Å². The fourth-order valence-electron chi connectivity index (χ4n) is 3.86. The molecular weight excluding hydrogens is 518 g/mol. The van der Waals surface area contributed by atoms with Gasteiger partial charge in [-0.3, -0.25) is 19.3 Å². The summed E-state index contributed by atoms with van der Waals surface area (Å²) in [4.78, 5) is 42.5. The van der Waals surface area contributed by atoms with Gasteiger partial charge in [-0.25, -0.2) is 0 Å². The third-order valence-corrected chi connectivity index (χ3v) is 7.19. The molecule has 1 unspecified atom stereocenters. The van der Waals surface area contributed by atoms with Crippen LogP contribution in [-0.2, 0) is 9.59 Å². The van der Waals surface area contributed by atoms with Crippen LogP contribution in [0.3, 0.4) is 0 Å². The van der Waals surface area contributed by atoms with Gasteiger partial charge in [0.05, 0.1) is 38.4 Å². The lowest BCUT2D eigenvalue weighted by Gasteiger charge is -2.35. The second-order valence-corrected chi connectivity index (χ2v) is 10.3. The van der Waals surface area contributed by atoms with Crippen molar-refractivity contribution in [3.63, 3.8) is 0 Å². The Labute approximate surface area is 233 Å². The van der Waals surface area contributed by atoms with E-state index in [1.54, 1.807) is 60.0 Å². The van der Waals surface area contributed by atoms with Crippen LogP contribution in [0.15, 0.2) is 60.0 Å². The summed E-state index contributed by atoms with van der Waals surface area (Å²) in [6, 6.07) is 14.3. The highest BCUT2D eigenvalue weighted by Crippen LogP contribution is 2.38. The van der Waals surface area contributed by atoms with Gasteiger partial charge in [-0.2, -0.15) is 0 Å². The van der Waals surface area contributed by atoms with Crippen LogP contribution in [-0.4, -0.2) is 51.1 Å². The molecule has 0 bridgehead atoms. The molecule has 0 aliphatic carbocycles. The summed E-state index contributed by atoms with van der Waals surface area (Å²) < 4.78 is 16.4. The van der Waals surface area contributed by atoms with Crippen LogP contribution >= 0.6 is 11.3 Å². The molecule has 0 fully saturated rings. The highest BCUT2D eigenvalue weighted by Gasteiger charge is 2.37. The van der Waals surface area contributed by atoms with E-state index in [2.05, 4.69) is 10.6 Å². The van der Waals surface area contributed by atoms with E-state index in [0.717, 1.165) is 0 Å². The van der Waals surface area contributed by atoms with Crippen molar-refractivity contribution in [2.24, 2.45) is 0 Å². The standard InChI is InChI=1S/C29H35N3O6S/c1-7-29(2,3)31-28(35)26(19-10-8-11-20(16-19)36-4)32(22-17-21(37-5)13-14-23(22)38-6)25(33)18-30-27(34)24-12-9-15-39-24/h8-17,26H,7,18H2,1-6H3,(H,30,34)(H,31,35). The van der Waals surface area contributed by atoms with Gasteiger partial charge in [-0.1, -0.05) is 25.1 Å². The molecule has 0 spiro atoms. The molecular formula is C29H35N3O6S. The molecule has 0 aliphatic heterocycles. The van der Waals surface area contributed by atoms with Gasteiger partial charge >= 0.3 is 0 Å². The van der Waals surface area contributed by atoms with E-state index in [4.69, 9.17) is 14.2 Å². The summed E-state index contributed by atoms with van der Waals surface area (Å²) in [5.41, 5.74) is 0.278. The number of amides is 3. The Morgan fingerprint density at radius 1 is 0.949 bits per heavy atom. The molecule has 1 atom stereocenters. The number of hydrogen-bond donors (Lipinski definition) is 2. The molecule has 1 aromatic heterocycles. The van der Waals surface area contributed by atoms with Crippen molar-refractivity contribution in [2.45, 2.75) is 38.8 Å². The summed E-state index contributed by atoms with van der Waals surface area (Å²) in [5, 5.41) is 7.53. The lowest BCUT2D eigenvalue weighted by atomic mass is 9.98. The monoisotopic (exact) mass is 553 g/mol. The minimum absolute atomic E-state index is 0.310. The van der Waals surface area contributed by atoms with Gasteiger partial charge < -0.3 is 24.8 Å². The molecule has 2 N–H and O–H groups in total. The number of carbonyl (C=O) groups excluding carboxylic acids is 3. The Bertz CT molecular complexity index is 1290. The molecule has 3 aromatic rings. The van der Waals surface area contributed by atoms with E-state index in [0.29, 0.717) is 39.8 Å². The molecule has 0 saturated heterocycles. The van der Waals surface area contributed by atoms with E-state index in [1.807, 2.05) is 20.8 Å². The molecule has 3 amide bonds. The van der Waals surface area contributed by atoms with Crippen LogP contribution in [0.5, 0.6) is 17.2 Å². The number of nitrogens with one attached hydrogen (secondary N) is 2. The van der Waals surface area contributed by atoms with Crippen molar-refractivity contribution >= 4 is 34.7 Å². The molecule has 0 radical (unpaired) electrons. The first-order valence-electron chi connectivity index (χ1n) is 12.5. The Hall–Kier alpha value is -4.05. The summed E-state index contributed by atoms with van der Waals surface area (Å²) in [6.07, 6.45) is 0.664. The van der Waals surface area contributed by atoms with Gasteiger partial charge in [0.2, 0.25) is 11.8 Å². The average molecular weight is 554 g/mol. The molecule has 1 heterocycles. The minimum atomic E-state index is -1.13. The second-order valence-electron chi connectivity index (χ2n) is 9.37. The van der Waals surface area contributed by atoms with Crippen molar-refractivity contribution < 1.29 is 28.6 Å². The van der Waals surface area contributed by atoms with Crippen LogP contribution < -0.4 is 29.7 Å². The number of anilines is 1. The van der Waals surface area contributed by atoms with Gasteiger partial charge in [0.15, 0.2) is 0 Å². The van der Waals surface area contributed by atoms with Crippen LogP contribution in [0, 0.1) is 0 Å². The fourth-order valence-corrected chi connectivity index (χ4v) is 4.50. The number of ether oxygens (including phenoxy) is 3. The van der Waals surface area contributed by atoms with Gasteiger partial charge in [-0.15, -0.1) is 11.3 Å². The number of rotatable bonds is 12. The molecule has 208 valence electrons. The van der Waals surface area contributed by atoms with Gasteiger partial charge in [0.25, 0.3) is 5.91 Å². The summed E-state index contributed by atoms with van der Waals surface area (Å²) in [7, 11) is 4.52. The zero-order chi connectivity index (χ0) is 28.6. The Kier molecular flexibility index (Phi) is 9.95. The number of nitrogens with zero attached hydrogens (tertiary/aromatic N) is 1. The smallest absolute Gasteiger partial charge is 0.261 e. The lowest BCUT2D eigenvalue weighted by Crippen LogP contribution is -2.52. The zero-order valence-electron chi connectivity index (χ0n) is 23.1. The van der Waals surface area contributed by atoms with Crippen LogP contribution in [0.4, 0.5) is 5.69 Å². The lowest BCUT2D eigenvalue weighted by molar-refractivity contribution is -0.127. The van der Waals surface area contributed by atoms with E-state index in [1.165, 1.54) is 37.6 Å². The van der Waals surface area contributed by atoms with Crippen molar-refractivity contribution in [2.75, 3.05) is 32.8 Å². The molecule has 10 heteroatoms. The van der Waals surface area contributed by atoms with Crippen molar-refractivity contribution in [3.8, 4) is 17.2 Å². The van der Waals surface area contributed by atoms with E-state index in [9.17, 15) is 14.4 Å². The van der Waals surface area contributed by atoms with Gasteiger partial charge in [-0.05, 0) is 61.5 Å². The summed E-state index contributed by atoms with van der Waals surface area (Å²) in [6.45, 7) is 5.43. The van der Waals surface area contributed by atoms with E-state index in [-0.39, 0.29) is 12.5 Å². The SMILES string of the molecule is CCC(C)(C)NC(=O)C(c1cccc(OC)c1)N(C(=O)CNC(=O)c1cccs1)c1cc(OC)ccc1OC. The zero-order valence-corrected chi connectivity index (χ0v) is 23.9. The number of benzene rings is 2. The number of thiophene rings is 1. The predicted molar refractivity (Wildman–Crippen MR) is 152 cm³/mol. The third-order valence-electron chi connectivity index (χ3n) is 6.32. The molecule has 39 heavy (non-hydrogen) atoms. The van der Waals surface area contributed by atoms with E-state index >= 15 is 0 Å². The third kappa shape index (κ3) is 7.29. The predicted octanol–water partition coefficient (Wildman–Crippen LogP) is 4.58. The maximum atomic E-state index is 14.0. The highest BCUT2D eigenvalue weighted by atomic mass is 32.1. The molecule has 0 aliphatic rings. The first-order valence-corrected chi connectivity index (χ1v) is 13.3. The normalized spacial score (nSPS) is 11.7. The van der Waals surface area contributed by atoms with E-state index < -0.39 is 23.4 Å². The summed E-state index contributed by atoms with van der Waals surface area (Å²) in [5.74, 6) is 0.0252. The van der Waals surface area contributed by atoms with Gasteiger partial charge in [0.1, 0.15) is 23.3 Å². The van der Waals surface area contributed by atoms with Crippen LogP contribution in [0.1, 0.15) is 48.5 Å². The molecule has 3 rings (SSSR count). The second kappa shape index (κ2) is 13.1. The van der Waals surface area contributed by atoms with Crippen molar-refractivity contribution in [1.82, 2.24) is 10.6 Å². The molecule has 0 saturated carbocycles. The Balaban J connectivity index is 2.16. The number of methoxy groups -OCH3 is 3. The maximum Gasteiger partial charge on any atom is 0.261 e. The first-order chi connectivity index (χ1) is 18.6. The topological polar surface area (TPSA) is 106 Å². The average Bonchev–Trinajstić information content (AvgIpc) is 3.49. The minimum Gasteiger partial charge on any atom is -0.497 e. The van der Waals surface area contributed by atoms with Gasteiger partial charge in [0, 0.05) is 11.6 Å². The molecule has 2 aromatic carbocycles. The quantitative estimate of drug-likeness (QED) is 0.340. The molecule has 9 nitrogen and oxygen atoms in total. The Morgan fingerprint density at radius 3 is 2.28 bits per heavy atom. The number of carbonyl (C=O) groups is 3. The first kappa shape index (κ1) is 29.5. The van der Waals surface area contributed by atoms with Crippen LogP contribution in [0.2, 0.25) is 0 Å². The largest absolute Gasteiger partial charge is 0.497 e. The number of hydrogen-bond acceptors (Lipinski definition) is 7. The maximum absolute atomic E-state index is 14.0. The summed E-state index contributed by atoms with van der Waals surface area (Å²) >= 11 is 1.27. The fraction of sp³-hybridized carbons (Fsp3) is 0.345. The van der Waals surface area contributed by atoms with Crippen molar-refractivity contribution in [3.05, 3.63) is 70.4 Å².